The third-order valence-corrected chi connectivity index (χ3v) is 4.60. The van der Waals surface area contributed by atoms with Gasteiger partial charge in [0, 0.05) is 18.2 Å². The third kappa shape index (κ3) is 4.64. The van der Waals surface area contributed by atoms with Gasteiger partial charge in [0.2, 0.25) is 10.0 Å². The Hall–Kier alpha value is -2.19. The summed E-state index contributed by atoms with van der Waals surface area (Å²) in [6.07, 6.45) is 1.68. The van der Waals surface area contributed by atoms with Crippen LogP contribution in [0.1, 0.15) is 35.9 Å². The Morgan fingerprint density at radius 1 is 1.26 bits per heavy atom. The van der Waals surface area contributed by atoms with E-state index >= 15 is 0 Å². The van der Waals surface area contributed by atoms with Crippen LogP contribution >= 0.6 is 0 Å². The molecule has 0 atom stereocenters. The van der Waals surface area contributed by atoms with Gasteiger partial charge in [-0.1, -0.05) is 18.5 Å². The molecular formula is C15H19N3O4S. The van der Waals surface area contributed by atoms with E-state index in [1.165, 1.54) is 24.3 Å². The fourth-order valence-electron chi connectivity index (χ4n) is 1.87. The van der Waals surface area contributed by atoms with E-state index in [4.69, 9.17) is 4.52 Å². The number of unbranched alkanes of at least 4 members (excludes halogenated alkanes) is 1. The number of sulfonamides is 1. The lowest BCUT2D eigenvalue weighted by molar-refractivity contribution is 0.102. The van der Waals surface area contributed by atoms with Gasteiger partial charge in [-0.25, -0.2) is 13.1 Å². The molecule has 124 valence electrons. The lowest BCUT2D eigenvalue weighted by Crippen LogP contribution is -2.24. The van der Waals surface area contributed by atoms with E-state index in [-0.39, 0.29) is 10.8 Å². The summed E-state index contributed by atoms with van der Waals surface area (Å²) in [5.41, 5.74) is 0.332. The molecule has 0 aliphatic carbocycles. The molecule has 0 unspecified atom stereocenters. The number of aryl methyl sites for hydroxylation is 1. The topological polar surface area (TPSA) is 101 Å². The van der Waals surface area contributed by atoms with Crippen molar-refractivity contribution in [2.45, 2.75) is 31.6 Å². The highest BCUT2D eigenvalue weighted by Gasteiger charge is 2.15. The molecule has 8 heteroatoms. The van der Waals surface area contributed by atoms with Gasteiger partial charge in [0.05, 0.1) is 4.90 Å². The van der Waals surface area contributed by atoms with Crippen LogP contribution < -0.4 is 10.0 Å². The standard InChI is InChI=1S/C15H19N3O4S/c1-3-4-9-16-23(20,21)13-7-5-12(6-8-13)15(19)17-14-10-11(2)22-18-14/h5-8,10,16H,3-4,9H2,1-2H3,(H,17,18,19). The Morgan fingerprint density at radius 3 is 2.52 bits per heavy atom. The zero-order valence-corrected chi connectivity index (χ0v) is 13.8. The molecule has 0 aliphatic rings. The van der Waals surface area contributed by atoms with Crippen molar-refractivity contribution in [2.24, 2.45) is 0 Å². The molecule has 0 saturated heterocycles. The summed E-state index contributed by atoms with van der Waals surface area (Å²) in [6, 6.07) is 7.30. The average molecular weight is 337 g/mol. The van der Waals surface area contributed by atoms with Crippen molar-refractivity contribution in [1.82, 2.24) is 9.88 Å². The van der Waals surface area contributed by atoms with Gasteiger partial charge in [0.1, 0.15) is 5.76 Å². The third-order valence-electron chi connectivity index (χ3n) is 3.12. The van der Waals surface area contributed by atoms with E-state index in [1.54, 1.807) is 13.0 Å². The Morgan fingerprint density at radius 2 is 1.96 bits per heavy atom. The first-order chi connectivity index (χ1) is 10.9. The maximum atomic E-state index is 12.0. The number of hydrogen-bond acceptors (Lipinski definition) is 5. The minimum Gasteiger partial charge on any atom is -0.360 e. The molecular weight excluding hydrogens is 318 g/mol. The minimum atomic E-state index is -3.54. The monoisotopic (exact) mass is 337 g/mol. The van der Waals surface area contributed by atoms with Gasteiger partial charge in [0.15, 0.2) is 5.82 Å². The second-order valence-electron chi connectivity index (χ2n) is 5.05. The number of aromatic nitrogens is 1. The van der Waals surface area contributed by atoms with Crippen molar-refractivity contribution in [3.63, 3.8) is 0 Å². The van der Waals surface area contributed by atoms with Gasteiger partial charge in [-0.3, -0.25) is 4.79 Å². The van der Waals surface area contributed by atoms with Crippen molar-refractivity contribution in [2.75, 3.05) is 11.9 Å². The molecule has 1 heterocycles. The molecule has 2 N–H and O–H groups in total. The average Bonchev–Trinajstić information content (AvgIpc) is 2.92. The summed E-state index contributed by atoms with van der Waals surface area (Å²) in [7, 11) is -3.54. The van der Waals surface area contributed by atoms with Gasteiger partial charge in [0.25, 0.3) is 5.91 Å². The molecule has 0 fully saturated rings. The number of anilines is 1. The number of amides is 1. The van der Waals surface area contributed by atoms with E-state index in [9.17, 15) is 13.2 Å². The highest BCUT2D eigenvalue weighted by molar-refractivity contribution is 7.89. The smallest absolute Gasteiger partial charge is 0.256 e. The Kier molecular flexibility index (Phi) is 5.51. The number of carbonyl (C=O) groups excluding carboxylic acids is 1. The quantitative estimate of drug-likeness (QED) is 0.755. The van der Waals surface area contributed by atoms with Gasteiger partial charge in [-0.05, 0) is 37.6 Å². The molecule has 1 aromatic carbocycles. The zero-order chi connectivity index (χ0) is 16.9. The van der Waals surface area contributed by atoms with Crippen molar-refractivity contribution in [3.8, 4) is 0 Å². The van der Waals surface area contributed by atoms with E-state index in [2.05, 4.69) is 15.2 Å². The molecule has 1 aromatic heterocycles. The van der Waals surface area contributed by atoms with Crippen molar-refractivity contribution in [1.29, 1.82) is 0 Å². The molecule has 2 aromatic rings. The van der Waals surface area contributed by atoms with Crippen molar-refractivity contribution < 1.29 is 17.7 Å². The summed E-state index contributed by atoms with van der Waals surface area (Å²) >= 11 is 0. The van der Waals surface area contributed by atoms with Crippen molar-refractivity contribution in [3.05, 3.63) is 41.7 Å². The highest BCUT2D eigenvalue weighted by Crippen LogP contribution is 2.13. The summed E-state index contributed by atoms with van der Waals surface area (Å²) < 4.78 is 31.5. The maximum absolute atomic E-state index is 12.0. The first-order valence-corrected chi connectivity index (χ1v) is 8.75. The number of benzene rings is 1. The fourth-order valence-corrected chi connectivity index (χ4v) is 2.94. The van der Waals surface area contributed by atoms with E-state index in [0.717, 1.165) is 12.8 Å². The van der Waals surface area contributed by atoms with Crippen LogP contribution in [0.15, 0.2) is 39.8 Å². The predicted octanol–water partition coefficient (Wildman–Crippen LogP) is 2.31. The molecule has 0 aliphatic heterocycles. The summed E-state index contributed by atoms with van der Waals surface area (Å²) in [5.74, 6) is 0.506. The molecule has 0 bridgehead atoms. The Balaban J connectivity index is 2.05. The van der Waals surface area contributed by atoms with Crippen LogP contribution in [0, 0.1) is 6.92 Å². The largest absolute Gasteiger partial charge is 0.360 e. The Bertz CT molecular complexity index is 766. The number of carbonyl (C=O) groups is 1. The van der Waals surface area contributed by atoms with Crippen LogP contribution in [0.4, 0.5) is 5.82 Å². The van der Waals surface area contributed by atoms with E-state index in [1.807, 2.05) is 6.92 Å². The molecule has 0 radical (unpaired) electrons. The second kappa shape index (κ2) is 7.38. The highest BCUT2D eigenvalue weighted by atomic mass is 32.2. The van der Waals surface area contributed by atoms with Gasteiger partial charge in [-0.2, -0.15) is 0 Å². The van der Waals surface area contributed by atoms with Gasteiger partial charge < -0.3 is 9.84 Å². The first kappa shape index (κ1) is 17.2. The van der Waals surface area contributed by atoms with Gasteiger partial charge in [-0.15, -0.1) is 0 Å². The number of nitrogens with zero attached hydrogens (tertiary/aromatic N) is 1. The molecule has 7 nitrogen and oxygen atoms in total. The van der Waals surface area contributed by atoms with Crippen LogP contribution in [-0.4, -0.2) is 26.0 Å². The number of hydrogen-bond donors (Lipinski definition) is 2. The maximum Gasteiger partial charge on any atom is 0.256 e. The van der Waals surface area contributed by atoms with Crippen LogP contribution in [0.5, 0.6) is 0 Å². The molecule has 0 spiro atoms. The van der Waals surface area contributed by atoms with Gasteiger partial charge >= 0.3 is 0 Å². The van der Waals surface area contributed by atoms with E-state index < -0.39 is 10.0 Å². The Labute approximate surface area is 135 Å². The zero-order valence-electron chi connectivity index (χ0n) is 13.0. The molecule has 1 amide bonds. The summed E-state index contributed by atoms with van der Waals surface area (Å²) in [4.78, 5) is 12.2. The van der Waals surface area contributed by atoms with Crippen LogP contribution in [0.3, 0.4) is 0 Å². The summed E-state index contributed by atoms with van der Waals surface area (Å²) in [5, 5.41) is 6.24. The van der Waals surface area contributed by atoms with E-state index in [0.29, 0.717) is 23.7 Å². The molecule has 23 heavy (non-hydrogen) atoms. The second-order valence-corrected chi connectivity index (χ2v) is 6.82. The number of nitrogens with one attached hydrogen (secondary N) is 2. The van der Waals surface area contributed by atoms with Crippen LogP contribution in [0.25, 0.3) is 0 Å². The molecule has 0 saturated carbocycles. The minimum absolute atomic E-state index is 0.127. The summed E-state index contributed by atoms with van der Waals surface area (Å²) in [6.45, 7) is 4.10. The molecule has 2 rings (SSSR count). The fraction of sp³-hybridized carbons (Fsp3) is 0.333. The lowest BCUT2D eigenvalue weighted by atomic mass is 10.2. The van der Waals surface area contributed by atoms with Crippen molar-refractivity contribution >= 4 is 21.7 Å². The predicted molar refractivity (Wildman–Crippen MR) is 85.7 cm³/mol. The SMILES string of the molecule is CCCCNS(=O)(=O)c1ccc(C(=O)Nc2cc(C)on2)cc1. The van der Waals surface area contributed by atoms with Crippen LogP contribution in [-0.2, 0) is 10.0 Å². The van der Waals surface area contributed by atoms with Crippen LogP contribution in [0.2, 0.25) is 0 Å². The number of rotatable bonds is 7. The first-order valence-electron chi connectivity index (χ1n) is 7.27. The normalized spacial score (nSPS) is 11.4. The lowest BCUT2D eigenvalue weighted by Gasteiger charge is -2.07.